The summed E-state index contributed by atoms with van der Waals surface area (Å²) < 4.78 is 25.3. The zero-order chi connectivity index (χ0) is 18.3. The molecule has 2 aromatic carbocycles. The van der Waals surface area contributed by atoms with Crippen molar-refractivity contribution in [1.82, 2.24) is 10.0 Å². The maximum Gasteiger partial charge on any atom is 0.220 e. The molecule has 0 saturated carbocycles. The van der Waals surface area contributed by atoms with Gasteiger partial charge >= 0.3 is 0 Å². The van der Waals surface area contributed by atoms with Gasteiger partial charge in [0.2, 0.25) is 15.9 Å². The smallest absolute Gasteiger partial charge is 0.220 e. The van der Waals surface area contributed by atoms with Crippen molar-refractivity contribution in [1.29, 1.82) is 0 Å². The van der Waals surface area contributed by atoms with Crippen LogP contribution in [0.4, 0.5) is 0 Å². The highest BCUT2D eigenvalue weighted by Crippen LogP contribution is 2.11. The number of hydrogen-bond acceptors (Lipinski definition) is 3. The molecule has 0 aromatic heterocycles. The standard InChI is InChI=1S/C18H21ClN2O3S/c1-20-25(23,24)13-16-4-2-15(3-5-16)12-21-18(22)11-8-14-6-9-17(19)10-7-14/h2-7,9-10,20H,8,11-13H2,1H3,(H,21,22). The summed E-state index contributed by atoms with van der Waals surface area (Å²) in [6.45, 7) is 0.415. The Hall–Kier alpha value is -1.89. The molecule has 0 bridgehead atoms. The second kappa shape index (κ2) is 8.99. The molecule has 0 radical (unpaired) electrons. The Labute approximate surface area is 153 Å². The van der Waals surface area contributed by atoms with Gasteiger partial charge in [0.05, 0.1) is 5.75 Å². The zero-order valence-corrected chi connectivity index (χ0v) is 15.5. The number of halogens is 1. The van der Waals surface area contributed by atoms with Crippen LogP contribution in [0.1, 0.15) is 23.1 Å². The number of sulfonamides is 1. The molecule has 0 aliphatic carbocycles. The summed E-state index contributed by atoms with van der Waals surface area (Å²) in [6.07, 6.45) is 1.06. The molecule has 5 nitrogen and oxygen atoms in total. The molecule has 0 fully saturated rings. The van der Waals surface area contributed by atoms with Gasteiger partial charge in [-0.1, -0.05) is 48.0 Å². The largest absolute Gasteiger partial charge is 0.352 e. The van der Waals surface area contributed by atoms with Crippen LogP contribution in [-0.2, 0) is 33.5 Å². The van der Waals surface area contributed by atoms with E-state index in [9.17, 15) is 13.2 Å². The van der Waals surface area contributed by atoms with Crippen LogP contribution in [-0.4, -0.2) is 21.4 Å². The third-order valence-electron chi connectivity index (χ3n) is 3.73. The normalized spacial score (nSPS) is 11.3. The van der Waals surface area contributed by atoms with Crippen molar-refractivity contribution < 1.29 is 13.2 Å². The van der Waals surface area contributed by atoms with Crippen LogP contribution in [0.5, 0.6) is 0 Å². The molecule has 0 spiro atoms. The van der Waals surface area contributed by atoms with Crippen LogP contribution in [0.15, 0.2) is 48.5 Å². The van der Waals surface area contributed by atoms with Gasteiger partial charge in [-0.2, -0.15) is 0 Å². The summed E-state index contributed by atoms with van der Waals surface area (Å²) in [6, 6.07) is 14.6. The average molecular weight is 381 g/mol. The Morgan fingerprint density at radius 1 is 0.960 bits per heavy atom. The van der Waals surface area contributed by atoms with Gasteiger partial charge in [0.15, 0.2) is 0 Å². The number of rotatable bonds is 8. The van der Waals surface area contributed by atoms with E-state index < -0.39 is 10.0 Å². The molecule has 25 heavy (non-hydrogen) atoms. The minimum atomic E-state index is -3.28. The zero-order valence-electron chi connectivity index (χ0n) is 14.0. The molecular weight excluding hydrogens is 360 g/mol. The molecule has 1 amide bonds. The molecular formula is C18H21ClN2O3S. The Kier molecular flexibility index (Phi) is 6.99. The molecule has 0 heterocycles. The van der Waals surface area contributed by atoms with Gasteiger partial charge in [-0.15, -0.1) is 0 Å². The monoisotopic (exact) mass is 380 g/mol. The van der Waals surface area contributed by atoms with E-state index in [1.807, 2.05) is 36.4 Å². The minimum Gasteiger partial charge on any atom is -0.352 e. The van der Waals surface area contributed by atoms with E-state index in [0.29, 0.717) is 30.0 Å². The number of aryl methyl sites for hydroxylation is 1. The quantitative estimate of drug-likeness (QED) is 0.739. The summed E-state index contributed by atoms with van der Waals surface area (Å²) in [5.41, 5.74) is 2.69. The van der Waals surface area contributed by atoms with E-state index in [-0.39, 0.29) is 11.7 Å². The van der Waals surface area contributed by atoms with Gasteiger partial charge in [0, 0.05) is 18.0 Å². The fourth-order valence-corrected chi connectivity index (χ4v) is 3.14. The molecule has 134 valence electrons. The van der Waals surface area contributed by atoms with E-state index in [4.69, 9.17) is 11.6 Å². The summed E-state index contributed by atoms with van der Waals surface area (Å²) in [5.74, 6) is -0.0891. The molecule has 0 aliphatic heterocycles. The molecule has 2 aromatic rings. The Morgan fingerprint density at radius 2 is 1.52 bits per heavy atom. The third-order valence-corrected chi connectivity index (χ3v) is 5.32. The van der Waals surface area contributed by atoms with Crippen molar-refractivity contribution in [2.45, 2.75) is 25.1 Å². The van der Waals surface area contributed by atoms with Crippen molar-refractivity contribution in [2.24, 2.45) is 0 Å². The first-order chi connectivity index (χ1) is 11.9. The summed E-state index contributed by atoms with van der Waals surface area (Å²) >= 11 is 5.83. The first kappa shape index (κ1) is 19.4. The van der Waals surface area contributed by atoms with Crippen molar-refractivity contribution in [2.75, 3.05) is 7.05 Å². The highest BCUT2D eigenvalue weighted by Gasteiger charge is 2.08. The number of benzene rings is 2. The Morgan fingerprint density at radius 3 is 2.12 bits per heavy atom. The molecule has 0 aliphatic rings. The Balaban J connectivity index is 1.78. The average Bonchev–Trinajstić information content (AvgIpc) is 2.60. The highest BCUT2D eigenvalue weighted by molar-refractivity contribution is 7.88. The molecule has 0 atom stereocenters. The summed E-state index contributed by atoms with van der Waals surface area (Å²) in [7, 11) is -1.88. The maximum absolute atomic E-state index is 11.9. The minimum absolute atomic E-state index is 0.0308. The molecule has 2 rings (SSSR count). The van der Waals surface area contributed by atoms with Crippen LogP contribution < -0.4 is 10.0 Å². The number of amides is 1. The van der Waals surface area contributed by atoms with Gasteiger partial charge in [-0.05, 0) is 42.3 Å². The lowest BCUT2D eigenvalue weighted by atomic mass is 10.1. The fraction of sp³-hybridized carbons (Fsp3) is 0.278. The molecule has 2 N–H and O–H groups in total. The van der Waals surface area contributed by atoms with Crippen LogP contribution in [0.25, 0.3) is 0 Å². The van der Waals surface area contributed by atoms with E-state index in [1.165, 1.54) is 7.05 Å². The highest BCUT2D eigenvalue weighted by atomic mass is 35.5. The van der Waals surface area contributed by atoms with Gasteiger partial charge in [-0.3, -0.25) is 4.79 Å². The lowest BCUT2D eigenvalue weighted by molar-refractivity contribution is -0.121. The number of nitrogens with one attached hydrogen (secondary N) is 2. The SMILES string of the molecule is CNS(=O)(=O)Cc1ccc(CNC(=O)CCc2ccc(Cl)cc2)cc1. The second-order valence-electron chi connectivity index (χ2n) is 5.68. The summed E-state index contributed by atoms with van der Waals surface area (Å²) in [4.78, 5) is 11.9. The number of carbonyl (C=O) groups excluding carboxylic acids is 1. The predicted octanol–water partition coefficient (Wildman–Crippen LogP) is 2.64. The molecule has 0 saturated heterocycles. The third kappa shape index (κ3) is 6.86. The first-order valence-corrected chi connectivity index (χ1v) is 9.91. The lowest BCUT2D eigenvalue weighted by Gasteiger charge is -2.07. The summed E-state index contributed by atoms with van der Waals surface area (Å²) in [5, 5.41) is 3.54. The van der Waals surface area contributed by atoms with E-state index >= 15 is 0 Å². The van der Waals surface area contributed by atoms with Gasteiger partial charge in [0.1, 0.15) is 0 Å². The fourth-order valence-electron chi connectivity index (χ4n) is 2.24. The predicted molar refractivity (Wildman–Crippen MR) is 99.7 cm³/mol. The van der Waals surface area contributed by atoms with Crippen molar-refractivity contribution in [3.8, 4) is 0 Å². The van der Waals surface area contributed by atoms with Crippen molar-refractivity contribution >= 4 is 27.5 Å². The lowest BCUT2D eigenvalue weighted by Crippen LogP contribution is -2.23. The van der Waals surface area contributed by atoms with E-state index in [2.05, 4.69) is 10.0 Å². The van der Waals surface area contributed by atoms with Gasteiger partial charge in [-0.25, -0.2) is 13.1 Å². The van der Waals surface area contributed by atoms with Gasteiger partial charge in [0.25, 0.3) is 0 Å². The number of carbonyl (C=O) groups is 1. The van der Waals surface area contributed by atoms with Crippen LogP contribution in [0.3, 0.4) is 0 Å². The van der Waals surface area contributed by atoms with Crippen LogP contribution in [0.2, 0.25) is 5.02 Å². The Bertz CT molecular complexity index is 803. The first-order valence-electron chi connectivity index (χ1n) is 7.88. The number of hydrogen-bond donors (Lipinski definition) is 2. The van der Waals surface area contributed by atoms with E-state index in [1.54, 1.807) is 12.1 Å². The van der Waals surface area contributed by atoms with Crippen molar-refractivity contribution in [3.05, 3.63) is 70.2 Å². The molecule has 7 heteroatoms. The van der Waals surface area contributed by atoms with Crippen LogP contribution >= 0.6 is 11.6 Å². The van der Waals surface area contributed by atoms with Crippen molar-refractivity contribution in [3.63, 3.8) is 0 Å². The topological polar surface area (TPSA) is 75.3 Å². The second-order valence-corrected chi connectivity index (χ2v) is 8.05. The maximum atomic E-state index is 11.9. The van der Waals surface area contributed by atoms with Crippen LogP contribution in [0, 0.1) is 0 Å². The molecule has 0 unspecified atom stereocenters. The van der Waals surface area contributed by atoms with Gasteiger partial charge < -0.3 is 5.32 Å². The van der Waals surface area contributed by atoms with E-state index in [0.717, 1.165) is 11.1 Å².